The Morgan fingerprint density at radius 3 is 2.54 bits per heavy atom. The molecule has 1 aliphatic heterocycles. The minimum absolute atomic E-state index is 0.116. The van der Waals surface area contributed by atoms with E-state index in [1.54, 1.807) is 0 Å². The van der Waals surface area contributed by atoms with E-state index in [0.29, 0.717) is 0 Å². The molecule has 1 aliphatic rings. The van der Waals surface area contributed by atoms with Crippen molar-refractivity contribution in [2.75, 3.05) is 53.4 Å². The number of rotatable bonds is 5. The van der Waals surface area contributed by atoms with E-state index >= 15 is 0 Å². The van der Waals surface area contributed by atoms with Gasteiger partial charge in [-0.2, -0.15) is 0 Å². The van der Waals surface area contributed by atoms with Crippen molar-refractivity contribution in [2.24, 2.45) is 0 Å². The molecular formula is C20H27N3O. The first-order chi connectivity index (χ1) is 11.6. The van der Waals surface area contributed by atoms with Crippen molar-refractivity contribution in [3.63, 3.8) is 0 Å². The van der Waals surface area contributed by atoms with Gasteiger partial charge < -0.3 is 14.7 Å². The Bertz CT molecular complexity index is 687. The third kappa shape index (κ3) is 3.94. The molecule has 2 aromatic carbocycles. The Kier molecular flexibility index (Phi) is 5.48. The lowest BCUT2D eigenvalue weighted by Crippen LogP contribution is -2.45. The average Bonchev–Trinajstić information content (AvgIpc) is 2.62. The fraction of sp³-hybridized carbons (Fsp3) is 0.450. The van der Waals surface area contributed by atoms with Gasteiger partial charge in [-0.3, -0.25) is 4.79 Å². The Morgan fingerprint density at radius 2 is 1.75 bits per heavy atom. The summed E-state index contributed by atoms with van der Waals surface area (Å²) >= 11 is 0. The summed E-state index contributed by atoms with van der Waals surface area (Å²) in [6.07, 6.45) is 1.02. The second kappa shape index (κ2) is 7.77. The van der Waals surface area contributed by atoms with Crippen molar-refractivity contribution in [3.8, 4) is 0 Å². The van der Waals surface area contributed by atoms with Crippen molar-refractivity contribution in [1.82, 2.24) is 14.7 Å². The van der Waals surface area contributed by atoms with Gasteiger partial charge in [0.2, 0.25) is 0 Å². The lowest BCUT2D eigenvalue weighted by molar-refractivity contribution is 0.0785. The highest BCUT2D eigenvalue weighted by molar-refractivity contribution is 6.06. The Morgan fingerprint density at radius 1 is 1.04 bits per heavy atom. The zero-order chi connectivity index (χ0) is 16.9. The standard InChI is InChI=1S/C20H27N3O/c1-21-13-15-23(16-14-21)12-6-11-22(2)20(24)19-10-5-8-17-7-3-4-9-18(17)19/h3-5,7-10H,6,11-16H2,1-2H3. The summed E-state index contributed by atoms with van der Waals surface area (Å²) in [7, 11) is 4.09. The van der Waals surface area contributed by atoms with Crippen LogP contribution in [0, 0.1) is 0 Å². The summed E-state index contributed by atoms with van der Waals surface area (Å²) in [6.45, 7) is 6.43. The predicted octanol–water partition coefficient (Wildman–Crippen LogP) is 2.55. The molecule has 1 saturated heterocycles. The first kappa shape index (κ1) is 16.9. The molecule has 3 rings (SSSR count). The summed E-state index contributed by atoms with van der Waals surface area (Å²) in [6, 6.07) is 14.0. The summed E-state index contributed by atoms with van der Waals surface area (Å²) in [5, 5.41) is 2.16. The van der Waals surface area contributed by atoms with Crippen LogP contribution in [-0.2, 0) is 0 Å². The zero-order valence-electron chi connectivity index (χ0n) is 14.7. The molecule has 0 aromatic heterocycles. The van der Waals surface area contributed by atoms with E-state index in [1.807, 2.05) is 42.3 Å². The van der Waals surface area contributed by atoms with Gasteiger partial charge in [-0.05, 0) is 36.9 Å². The van der Waals surface area contributed by atoms with E-state index in [4.69, 9.17) is 0 Å². The quantitative estimate of drug-likeness (QED) is 0.845. The van der Waals surface area contributed by atoms with Gasteiger partial charge in [0.05, 0.1) is 0 Å². The summed E-state index contributed by atoms with van der Waals surface area (Å²) in [4.78, 5) is 19.5. The molecule has 0 saturated carbocycles. The van der Waals surface area contributed by atoms with Gasteiger partial charge in [-0.15, -0.1) is 0 Å². The summed E-state index contributed by atoms with van der Waals surface area (Å²) in [5.74, 6) is 0.116. The van der Waals surface area contributed by atoms with Crippen LogP contribution in [0.15, 0.2) is 42.5 Å². The Hall–Kier alpha value is -1.91. The molecule has 0 aliphatic carbocycles. The van der Waals surface area contributed by atoms with E-state index in [1.165, 1.54) is 0 Å². The Labute approximate surface area is 144 Å². The molecule has 4 nitrogen and oxygen atoms in total. The van der Waals surface area contributed by atoms with E-state index < -0.39 is 0 Å². The molecule has 4 heteroatoms. The molecule has 1 amide bonds. The zero-order valence-corrected chi connectivity index (χ0v) is 14.7. The number of likely N-dealkylation sites (N-methyl/N-ethyl adjacent to an activating group) is 1. The number of nitrogens with zero attached hydrogens (tertiary/aromatic N) is 3. The smallest absolute Gasteiger partial charge is 0.254 e. The van der Waals surface area contributed by atoms with Crippen LogP contribution >= 0.6 is 0 Å². The van der Waals surface area contributed by atoms with E-state index in [9.17, 15) is 4.79 Å². The molecule has 2 aromatic rings. The summed E-state index contributed by atoms with van der Waals surface area (Å²) < 4.78 is 0. The number of hydrogen-bond donors (Lipinski definition) is 0. The van der Waals surface area contributed by atoms with Crippen LogP contribution < -0.4 is 0 Å². The third-order valence-corrected chi connectivity index (χ3v) is 4.93. The number of benzene rings is 2. The largest absolute Gasteiger partial charge is 0.342 e. The lowest BCUT2D eigenvalue weighted by Gasteiger charge is -2.32. The first-order valence-corrected chi connectivity index (χ1v) is 8.79. The summed E-state index contributed by atoms with van der Waals surface area (Å²) in [5.41, 5.74) is 0.801. The molecular weight excluding hydrogens is 298 g/mol. The van der Waals surface area contributed by atoms with Gasteiger partial charge in [0.1, 0.15) is 0 Å². The average molecular weight is 325 g/mol. The number of carbonyl (C=O) groups excluding carboxylic acids is 1. The fourth-order valence-corrected chi connectivity index (χ4v) is 3.32. The minimum atomic E-state index is 0.116. The van der Waals surface area contributed by atoms with Crippen LogP contribution in [0.5, 0.6) is 0 Å². The molecule has 0 unspecified atom stereocenters. The highest BCUT2D eigenvalue weighted by atomic mass is 16.2. The predicted molar refractivity (Wildman–Crippen MR) is 99.5 cm³/mol. The number of piperazine rings is 1. The maximum absolute atomic E-state index is 12.8. The van der Waals surface area contributed by atoms with Crippen LogP contribution in [-0.4, -0.2) is 74.0 Å². The maximum atomic E-state index is 12.8. The highest BCUT2D eigenvalue weighted by Gasteiger charge is 2.16. The first-order valence-electron chi connectivity index (χ1n) is 8.79. The van der Waals surface area contributed by atoms with Gasteiger partial charge >= 0.3 is 0 Å². The van der Waals surface area contributed by atoms with Gasteiger partial charge in [0.15, 0.2) is 0 Å². The second-order valence-corrected chi connectivity index (χ2v) is 6.75. The molecule has 0 bridgehead atoms. The van der Waals surface area contributed by atoms with Crippen LogP contribution in [0.3, 0.4) is 0 Å². The lowest BCUT2D eigenvalue weighted by atomic mass is 10.0. The van der Waals surface area contributed by atoms with E-state index in [-0.39, 0.29) is 5.91 Å². The molecule has 0 spiro atoms. The van der Waals surface area contributed by atoms with Crippen molar-refractivity contribution in [2.45, 2.75) is 6.42 Å². The van der Waals surface area contributed by atoms with Crippen molar-refractivity contribution < 1.29 is 4.79 Å². The van der Waals surface area contributed by atoms with Crippen LogP contribution in [0.1, 0.15) is 16.8 Å². The number of carbonyl (C=O) groups is 1. The SMILES string of the molecule is CN1CCN(CCCN(C)C(=O)c2cccc3ccccc23)CC1. The molecule has 0 atom stereocenters. The van der Waals surface area contributed by atoms with E-state index in [2.05, 4.69) is 29.0 Å². The highest BCUT2D eigenvalue weighted by Crippen LogP contribution is 2.19. The van der Waals surface area contributed by atoms with E-state index in [0.717, 1.165) is 62.0 Å². The normalized spacial score (nSPS) is 16.4. The monoisotopic (exact) mass is 325 g/mol. The maximum Gasteiger partial charge on any atom is 0.254 e. The minimum Gasteiger partial charge on any atom is -0.342 e. The number of amides is 1. The van der Waals surface area contributed by atoms with Crippen LogP contribution in [0.25, 0.3) is 10.8 Å². The van der Waals surface area contributed by atoms with Gasteiger partial charge in [-0.25, -0.2) is 0 Å². The Balaban J connectivity index is 1.56. The van der Waals surface area contributed by atoms with Gasteiger partial charge in [0, 0.05) is 45.3 Å². The van der Waals surface area contributed by atoms with Gasteiger partial charge in [-0.1, -0.05) is 36.4 Å². The second-order valence-electron chi connectivity index (χ2n) is 6.75. The molecule has 1 fully saturated rings. The molecule has 1 heterocycles. The fourth-order valence-electron chi connectivity index (χ4n) is 3.32. The molecule has 0 radical (unpaired) electrons. The van der Waals surface area contributed by atoms with Crippen LogP contribution in [0.4, 0.5) is 0 Å². The topological polar surface area (TPSA) is 26.8 Å². The van der Waals surface area contributed by atoms with Crippen molar-refractivity contribution in [3.05, 3.63) is 48.0 Å². The van der Waals surface area contributed by atoms with Crippen LogP contribution in [0.2, 0.25) is 0 Å². The van der Waals surface area contributed by atoms with Gasteiger partial charge in [0.25, 0.3) is 5.91 Å². The van der Waals surface area contributed by atoms with Crippen molar-refractivity contribution >= 4 is 16.7 Å². The number of fused-ring (bicyclic) bond motifs is 1. The van der Waals surface area contributed by atoms with Crippen molar-refractivity contribution in [1.29, 1.82) is 0 Å². The number of hydrogen-bond acceptors (Lipinski definition) is 3. The molecule has 24 heavy (non-hydrogen) atoms. The third-order valence-electron chi connectivity index (χ3n) is 4.93. The molecule has 128 valence electrons. The molecule has 0 N–H and O–H groups in total.